The Morgan fingerprint density at radius 1 is 1.24 bits per heavy atom. The molecule has 1 aromatic heterocycles. The van der Waals surface area contributed by atoms with E-state index in [1.807, 2.05) is 36.4 Å². The largest absolute Gasteiger partial charge is 0.324 e. The van der Waals surface area contributed by atoms with Crippen LogP contribution in [0.25, 0.3) is 0 Å². The van der Waals surface area contributed by atoms with Crippen molar-refractivity contribution in [3.63, 3.8) is 0 Å². The second-order valence-electron chi connectivity index (χ2n) is 3.43. The van der Waals surface area contributed by atoms with E-state index in [2.05, 4.69) is 4.98 Å². The molecule has 0 amide bonds. The van der Waals surface area contributed by atoms with Gasteiger partial charge in [-0.1, -0.05) is 30.0 Å². The molecule has 0 atom stereocenters. The van der Waals surface area contributed by atoms with Gasteiger partial charge in [0.1, 0.15) is 5.03 Å². The summed E-state index contributed by atoms with van der Waals surface area (Å²) in [4.78, 5) is 16.7. The molecule has 3 nitrogen and oxygen atoms in total. The Bertz CT molecular complexity index is 514. The smallest absolute Gasteiger partial charge is 0.176 e. The van der Waals surface area contributed by atoms with E-state index in [0.717, 1.165) is 9.92 Å². The average Bonchev–Trinajstić information content (AvgIpc) is 2.39. The maximum atomic E-state index is 11.5. The van der Waals surface area contributed by atoms with Crippen LogP contribution in [0.4, 0.5) is 0 Å². The second-order valence-corrected chi connectivity index (χ2v) is 4.52. The van der Waals surface area contributed by atoms with Crippen molar-refractivity contribution in [1.82, 2.24) is 4.98 Å². The molecule has 17 heavy (non-hydrogen) atoms. The third-order valence-electron chi connectivity index (χ3n) is 2.20. The summed E-state index contributed by atoms with van der Waals surface area (Å²) in [5, 5.41) is 0.907. The van der Waals surface area contributed by atoms with Crippen LogP contribution >= 0.6 is 11.8 Å². The molecule has 2 aromatic rings. The van der Waals surface area contributed by atoms with Gasteiger partial charge in [0.25, 0.3) is 0 Å². The van der Waals surface area contributed by atoms with Gasteiger partial charge in [0.2, 0.25) is 0 Å². The molecule has 0 aliphatic heterocycles. The van der Waals surface area contributed by atoms with Crippen LogP contribution in [0.5, 0.6) is 0 Å². The highest BCUT2D eigenvalue weighted by atomic mass is 32.2. The van der Waals surface area contributed by atoms with Crippen LogP contribution in [0.1, 0.15) is 10.4 Å². The molecule has 0 spiro atoms. The third kappa shape index (κ3) is 3.15. The molecular formula is C13H12N2OS. The van der Waals surface area contributed by atoms with Gasteiger partial charge in [0.05, 0.1) is 6.54 Å². The monoisotopic (exact) mass is 244 g/mol. The Balaban J connectivity index is 2.20. The van der Waals surface area contributed by atoms with Crippen LogP contribution < -0.4 is 5.73 Å². The average molecular weight is 244 g/mol. The molecule has 0 unspecified atom stereocenters. The number of carbonyl (C=O) groups excluding carboxylic acids is 1. The lowest BCUT2D eigenvalue weighted by molar-refractivity contribution is 0.100. The van der Waals surface area contributed by atoms with Crippen molar-refractivity contribution in [2.45, 2.75) is 9.92 Å². The van der Waals surface area contributed by atoms with Crippen molar-refractivity contribution >= 4 is 17.5 Å². The van der Waals surface area contributed by atoms with E-state index < -0.39 is 0 Å². The predicted octanol–water partition coefficient (Wildman–Crippen LogP) is 2.37. The van der Waals surface area contributed by atoms with Crippen LogP contribution in [-0.2, 0) is 0 Å². The van der Waals surface area contributed by atoms with Gasteiger partial charge >= 0.3 is 0 Å². The number of hydrogen-bond donors (Lipinski definition) is 1. The Morgan fingerprint density at radius 3 is 2.82 bits per heavy atom. The first-order valence-corrected chi connectivity index (χ1v) is 6.03. The first-order valence-electron chi connectivity index (χ1n) is 5.22. The van der Waals surface area contributed by atoms with Crippen LogP contribution in [-0.4, -0.2) is 17.3 Å². The molecule has 1 heterocycles. The number of nitrogens with two attached hydrogens (primary N) is 1. The zero-order chi connectivity index (χ0) is 12.1. The molecule has 2 rings (SSSR count). The number of aromatic nitrogens is 1. The molecule has 4 heteroatoms. The lowest BCUT2D eigenvalue weighted by atomic mass is 10.1. The molecule has 0 aliphatic rings. The SMILES string of the molecule is NCC(=O)c1cccc(Sc2ccccn2)c1. The lowest BCUT2D eigenvalue weighted by Crippen LogP contribution is -2.13. The van der Waals surface area contributed by atoms with Gasteiger partial charge in [0, 0.05) is 16.7 Å². The van der Waals surface area contributed by atoms with E-state index in [4.69, 9.17) is 5.73 Å². The van der Waals surface area contributed by atoms with Crippen LogP contribution in [0, 0.1) is 0 Å². The molecule has 1 aromatic carbocycles. The molecule has 2 N–H and O–H groups in total. The first-order chi connectivity index (χ1) is 8.29. The van der Waals surface area contributed by atoms with E-state index in [0.29, 0.717) is 5.56 Å². The van der Waals surface area contributed by atoms with Crippen molar-refractivity contribution < 1.29 is 4.79 Å². The van der Waals surface area contributed by atoms with Gasteiger partial charge in [-0.05, 0) is 24.3 Å². The number of Topliss-reactive ketones (excluding diaryl/α,β-unsaturated/α-hetero) is 1. The summed E-state index contributed by atoms with van der Waals surface area (Å²) in [7, 11) is 0. The van der Waals surface area contributed by atoms with Crippen LogP contribution in [0.15, 0.2) is 58.6 Å². The summed E-state index contributed by atoms with van der Waals surface area (Å²) in [5.74, 6) is -0.0477. The summed E-state index contributed by atoms with van der Waals surface area (Å²) in [6.45, 7) is 0.0394. The molecule has 0 saturated heterocycles. The minimum Gasteiger partial charge on any atom is -0.324 e. The fourth-order valence-corrected chi connectivity index (χ4v) is 2.21. The maximum Gasteiger partial charge on any atom is 0.176 e. The quantitative estimate of drug-likeness (QED) is 0.839. The summed E-state index contributed by atoms with van der Waals surface area (Å²) >= 11 is 1.53. The molecule has 0 radical (unpaired) electrons. The van der Waals surface area contributed by atoms with Gasteiger partial charge in [-0.15, -0.1) is 0 Å². The van der Waals surface area contributed by atoms with Gasteiger partial charge in [-0.25, -0.2) is 4.98 Å². The standard InChI is InChI=1S/C13H12N2OS/c14-9-12(16)10-4-3-5-11(8-10)17-13-6-1-2-7-15-13/h1-8H,9,14H2. The van der Waals surface area contributed by atoms with Gasteiger partial charge in [0.15, 0.2) is 5.78 Å². The van der Waals surface area contributed by atoms with Crippen molar-refractivity contribution in [1.29, 1.82) is 0 Å². The number of benzene rings is 1. The number of pyridine rings is 1. The summed E-state index contributed by atoms with van der Waals surface area (Å²) < 4.78 is 0. The number of carbonyl (C=O) groups is 1. The van der Waals surface area contributed by atoms with Crippen LogP contribution in [0.3, 0.4) is 0 Å². The topological polar surface area (TPSA) is 56.0 Å². The molecule has 86 valence electrons. The van der Waals surface area contributed by atoms with E-state index in [9.17, 15) is 4.79 Å². The van der Waals surface area contributed by atoms with Gasteiger partial charge < -0.3 is 5.73 Å². The first kappa shape index (κ1) is 11.8. The Hall–Kier alpha value is -1.65. The number of hydrogen-bond acceptors (Lipinski definition) is 4. The summed E-state index contributed by atoms with van der Waals surface area (Å²) in [6, 6.07) is 13.2. The highest BCUT2D eigenvalue weighted by molar-refractivity contribution is 7.99. The zero-order valence-corrected chi connectivity index (χ0v) is 9.98. The lowest BCUT2D eigenvalue weighted by Gasteiger charge is -2.03. The molecule has 0 aliphatic carbocycles. The van der Waals surface area contributed by atoms with Crippen LogP contribution in [0.2, 0.25) is 0 Å². The maximum absolute atomic E-state index is 11.5. The summed E-state index contributed by atoms with van der Waals surface area (Å²) in [5.41, 5.74) is 5.98. The highest BCUT2D eigenvalue weighted by Gasteiger charge is 2.05. The Kier molecular flexibility index (Phi) is 3.90. The normalized spacial score (nSPS) is 10.2. The number of ketones is 1. The van der Waals surface area contributed by atoms with E-state index in [1.165, 1.54) is 11.8 Å². The minimum absolute atomic E-state index is 0.0394. The van der Waals surface area contributed by atoms with Crippen molar-refractivity contribution in [2.24, 2.45) is 5.73 Å². The van der Waals surface area contributed by atoms with E-state index in [1.54, 1.807) is 12.3 Å². The minimum atomic E-state index is -0.0477. The third-order valence-corrected chi connectivity index (χ3v) is 3.14. The van der Waals surface area contributed by atoms with Crippen molar-refractivity contribution in [2.75, 3.05) is 6.54 Å². The van der Waals surface area contributed by atoms with E-state index in [-0.39, 0.29) is 12.3 Å². The van der Waals surface area contributed by atoms with Crippen molar-refractivity contribution in [3.8, 4) is 0 Å². The van der Waals surface area contributed by atoms with Gasteiger partial charge in [-0.2, -0.15) is 0 Å². The predicted molar refractivity (Wildman–Crippen MR) is 68.2 cm³/mol. The number of rotatable bonds is 4. The zero-order valence-electron chi connectivity index (χ0n) is 9.17. The summed E-state index contributed by atoms with van der Waals surface area (Å²) in [6.07, 6.45) is 1.75. The molecular weight excluding hydrogens is 232 g/mol. The Labute approximate surface area is 104 Å². The second kappa shape index (κ2) is 5.61. The van der Waals surface area contributed by atoms with Gasteiger partial charge in [-0.3, -0.25) is 4.79 Å². The fraction of sp³-hybridized carbons (Fsp3) is 0.0769. The Morgan fingerprint density at radius 2 is 2.12 bits per heavy atom. The molecule has 0 bridgehead atoms. The highest BCUT2D eigenvalue weighted by Crippen LogP contribution is 2.26. The molecule has 0 saturated carbocycles. The number of nitrogens with zero attached hydrogens (tertiary/aromatic N) is 1. The van der Waals surface area contributed by atoms with E-state index >= 15 is 0 Å². The molecule has 0 fully saturated rings. The fourth-order valence-electron chi connectivity index (χ4n) is 1.38. The van der Waals surface area contributed by atoms with Crippen molar-refractivity contribution in [3.05, 3.63) is 54.2 Å².